The first kappa shape index (κ1) is 21.0. The van der Waals surface area contributed by atoms with Crippen molar-refractivity contribution in [3.05, 3.63) is 77.2 Å². The maximum absolute atomic E-state index is 13.0. The molecule has 3 aromatic rings. The average Bonchev–Trinajstić information content (AvgIpc) is 3.28. The molecular weight excluding hydrogens is 388 g/mol. The van der Waals surface area contributed by atoms with Crippen LogP contribution in [0.1, 0.15) is 40.0 Å². The van der Waals surface area contributed by atoms with Crippen LogP contribution >= 0.6 is 0 Å². The number of nitrogens with one attached hydrogen (secondary N) is 1. The second-order valence-corrected chi connectivity index (χ2v) is 8.15. The molecule has 2 N–H and O–H groups in total. The summed E-state index contributed by atoms with van der Waals surface area (Å²) in [5.41, 5.74) is 6.23. The van der Waals surface area contributed by atoms with Gasteiger partial charge >= 0.3 is 0 Å². The van der Waals surface area contributed by atoms with E-state index in [4.69, 9.17) is 0 Å². The van der Waals surface area contributed by atoms with Crippen LogP contribution in [0.5, 0.6) is 0 Å². The van der Waals surface area contributed by atoms with Gasteiger partial charge in [0.25, 0.3) is 5.91 Å². The van der Waals surface area contributed by atoms with Crippen LogP contribution in [-0.2, 0) is 6.54 Å². The summed E-state index contributed by atoms with van der Waals surface area (Å²) < 4.78 is 0. The molecule has 6 heteroatoms. The largest absolute Gasteiger partial charge is 0.394 e. The third kappa shape index (κ3) is 4.91. The highest BCUT2D eigenvalue weighted by atomic mass is 16.3. The molecule has 3 heterocycles. The molecule has 1 atom stereocenters. The summed E-state index contributed by atoms with van der Waals surface area (Å²) in [6.07, 6.45) is 5.59. The molecule has 0 spiro atoms. The number of hydrogen-bond acceptors (Lipinski definition) is 5. The van der Waals surface area contributed by atoms with Gasteiger partial charge in [0.15, 0.2) is 0 Å². The molecule has 1 fully saturated rings. The number of aliphatic hydroxyl groups is 1. The zero-order chi connectivity index (χ0) is 21.8. The molecule has 31 heavy (non-hydrogen) atoms. The van der Waals surface area contributed by atoms with E-state index in [1.807, 2.05) is 56.4 Å². The fourth-order valence-corrected chi connectivity index (χ4v) is 3.95. The Morgan fingerprint density at radius 1 is 1.13 bits per heavy atom. The molecule has 1 aromatic carbocycles. The number of carbonyl (C=O) groups excluding carboxylic acids is 1. The monoisotopic (exact) mass is 416 g/mol. The van der Waals surface area contributed by atoms with E-state index in [0.29, 0.717) is 12.1 Å². The summed E-state index contributed by atoms with van der Waals surface area (Å²) in [7, 11) is 0. The number of carbonyl (C=O) groups is 1. The molecule has 0 bridgehead atoms. The standard InChI is InChI=1S/C25H28N4O2/c1-17-5-8-24(27-13-17)20-10-21(12-23(11-20)29-9-3-4-22(29)16-30)25(31)28-15-19-7-6-18(2)26-14-19/h5-8,10-14,22,30H,3-4,9,15-16H2,1-2H3,(H,28,31)/t22-/m1/s1. The Hall–Kier alpha value is -3.25. The molecule has 0 radical (unpaired) electrons. The van der Waals surface area contributed by atoms with Crippen molar-refractivity contribution in [2.75, 3.05) is 18.1 Å². The highest BCUT2D eigenvalue weighted by Crippen LogP contribution is 2.31. The first-order valence-electron chi connectivity index (χ1n) is 10.7. The number of benzene rings is 1. The second kappa shape index (κ2) is 9.27. The van der Waals surface area contributed by atoms with Gasteiger partial charge < -0.3 is 15.3 Å². The number of aliphatic hydroxyl groups excluding tert-OH is 1. The van der Waals surface area contributed by atoms with Crippen LogP contribution in [0.15, 0.2) is 54.9 Å². The fourth-order valence-electron chi connectivity index (χ4n) is 3.95. The molecule has 0 aliphatic carbocycles. The number of amides is 1. The smallest absolute Gasteiger partial charge is 0.251 e. The summed E-state index contributed by atoms with van der Waals surface area (Å²) >= 11 is 0. The quantitative estimate of drug-likeness (QED) is 0.641. The van der Waals surface area contributed by atoms with E-state index in [1.165, 1.54) is 0 Å². The lowest BCUT2D eigenvalue weighted by molar-refractivity contribution is 0.0951. The Labute approximate surface area is 183 Å². The Morgan fingerprint density at radius 3 is 2.71 bits per heavy atom. The topological polar surface area (TPSA) is 78.4 Å². The van der Waals surface area contributed by atoms with Crippen LogP contribution in [0, 0.1) is 13.8 Å². The van der Waals surface area contributed by atoms with E-state index in [2.05, 4.69) is 26.3 Å². The number of aryl methyl sites for hydroxylation is 2. The van der Waals surface area contributed by atoms with Crippen molar-refractivity contribution in [1.29, 1.82) is 0 Å². The van der Waals surface area contributed by atoms with Crippen LogP contribution in [0.2, 0.25) is 0 Å². The van der Waals surface area contributed by atoms with Crippen molar-refractivity contribution in [3.8, 4) is 11.3 Å². The number of aromatic nitrogens is 2. The summed E-state index contributed by atoms with van der Waals surface area (Å²) in [5, 5.41) is 12.8. The van der Waals surface area contributed by atoms with Gasteiger partial charge in [-0.25, -0.2) is 0 Å². The predicted octanol–water partition coefficient (Wildman–Crippen LogP) is 3.65. The molecule has 1 saturated heterocycles. The predicted molar refractivity (Wildman–Crippen MR) is 122 cm³/mol. The normalized spacial score (nSPS) is 15.8. The molecule has 0 saturated carbocycles. The Morgan fingerprint density at radius 2 is 2.00 bits per heavy atom. The van der Waals surface area contributed by atoms with Crippen molar-refractivity contribution < 1.29 is 9.90 Å². The van der Waals surface area contributed by atoms with Crippen molar-refractivity contribution in [2.45, 2.75) is 39.3 Å². The van der Waals surface area contributed by atoms with Gasteiger partial charge in [0.2, 0.25) is 0 Å². The molecule has 2 aromatic heterocycles. The molecule has 1 aliphatic rings. The molecular formula is C25H28N4O2. The lowest BCUT2D eigenvalue weighted by Crippen LogP contribution is -2.32. The third-order valence-electron chi connectivity index (χ3n) is 5.73. The first-order chi connectivity index (χ1) is 15.0. The molecule has 1 amide bonds. The minimum absolute atomic E-state index is 0.0794. The first-order valence-corrected chi connectivity index (χ1v) is 10.7. The van der Waals surface area contributed by atoms with Crippen molar-refractivity contribution in [1.82, 2.24) is 15.3 Å². The maximum Gasteiger partial charge on any atom is 0.251 e. The Balaban J connectivity index is 1.64. The van der Waals surface area contributed by atoms with E-state index < -0.39 is 0 Å². The highest BCUT2D eigenvalue weighted by Gasteiger charge is 2.25. The summed E-state index contributed by atoms with van der Waals surface area (Å²) in [5.74, 6) is -0.143. The zero-order valence-electron chi connectivity index (χ0n) is 18.0. The zero-order valence-corrected chi connectivity index (χ0v) is 18.0. The highest BCUT2D eigenvalue weighted by molar-refractivity contribution is 5.96. The van der Waals surface area contributed by atoms with Gasteiger partial charge in [0, 0.05) is 48.0 Å². The van der Waals surface area contributed by atoms with Crippen molar-refractivity contribution in [2.24, 2.45) is 0 Å². The van der Waals surface area contributed by atoms with E-state index in [0.717, 1.165) is 53.2 Å². The van der Waals surface area contributed by atoms with Gasteiger partial charge in [-0.05, 0) is 68.1 Å². The van der Waals surface area contributed by atoms with Crippen LogP contribution in [0.4, 0.5) is 5.69 Å². The number of rotatable bonds is 6. The summed E-state index contributed by atoms with van der Waals surface area (Å²) in [4.78, 5) is 24.0. The Bertz CT molecular complexity index is 1050. The number of anilines is 1. The fraction of sp³-hybridized carbons (Fsp3) is 0.320. The lowest BCUT2D eigenvalue weighted by atomic mass is 10.0. The SMILES string of the molecule is Cc1ccc(-c2cc(C(=O)NCc3ccc(C)nc3)cc(N3CCC[C@@H]3CO)c2)nc1. The molecule has 160 valence electrons. The number of hydrogen-bond donors (Lipinski definition) is 2. The number of pyridine rings is 2. The van der Waals surface area contributed by atoms with Crippen LogP contribution in [0.3, 0.4) is 0 Å². The number of nitrogens with zero attached hydrogens (tertiary/aromatic N) is 3. The molecule has 1 aliphatic heterocycles. The molecule has 4 rings (SSSR count). The van der Waals surface area contributed by atoms with Gasteiger partial charge in [-0.3, -0.25) is 14.8 Å². The van der Waals surface area contributed by atoms with E-state index in [9.17, 15) is 9.90 Å². The lowest BCUT2D eigenvalue weighted by Gasteiger charge is -2.26. The van der Waals surface area contributed by atoms with E-state index >= 15 is 0 Å². The Kier molecular flexibility index (Phi) is 6.28. The second-order valence-electron chi connectivity index (χ2n) is 8.15. The molecule has 6 nitrogen and oxygen atoms in total. The van der Waals surface area contributed by atoms with Gasteiger partial charge in [-0.2, -0.15) is 0 Å². The van der Waals surface area contributed by atoms with Crippen LogP contribution < -0.4 is 10.2 Å². The van der Waals surface area contributed by atoms with Crippen molar-refractivity contribution >= 4 is 11.6 Å². The summed E-state index contributed by atoms with van der Waals surface area (Å²) in [6, 6.07) is 13.8. The van der Waals surface area contributed by atoms with Gasteiger partial charge in [0.1, 0.15) is 0 Å². The van der Waals surface area contributed by atoms with E-state index in [-0.39, 0.29) is 18.6 Å². The van der Waals surface area contributed by atoms with Gasteiger partial charge in [0.05, 0.1) is 18.3 Å². The average molecular weight is 417 g/mol. The van der Waals surface area contributed by atoms with Crippen LogP contribution in [-0.4, -0.2) is 40.2 Å². The maximum atomic E-state index is 13.0. The van der Waals surface area contributed by atoms with Crippen LogP contribution in [0.25, 0.3) is 11.3 Å². The van der Waals surface area contributed by atoms with Gasteiger partial charge in [-0.1, -0.05) is 12.1 Å². The van der Waals surface area contributed by atoms with Crippen molar-refractivity contribution in [3.63, 3.8) is 0 Å². The van der Waals surface area contributed by atoms with E-state index in [1.54, 1.807) is 6.20 Å². The third-order valence-corrected chi connectivity index (χ3v) is 5.73. The minimum Gasteiger partial charge on any atom is -0.394 e. The summed E-state index contributed by atoms with van der Waals surface area (Å²) in [6.45, 7) is 5.33. The molecule has 0 unspecified atom stereocenters. The minimum atomic E-state index is -0.143. The van der Waals surface area contributed by atoms with Gasteiger partial charge in [-0.15, -0.1) is 0 Å².